The van der Waals surface area contributed by atoms with Crippen molar-refractivity contribution in [3.8, 4) is 0 Å². The van der Waals surface area contributed by atoms with Crippen molar-refractivity contribution in [3.05, 3.63) is 36.5 Å². The minimum atomic E-state index is 0.122. The van der Waals surface area contributed by atoms with Crippen LogP contribution in [-0.4, -0.2) is 40.2 Å². The predicted octanol–water partition coefficient (Wildman–Crippen LogP) is 1.11. The highest BCUT2D eigenvalue weighted by atomic mass is 16.3. The van der Waals surface area contributed by atoms with Gasteiger partial charge in [-0.1, -0.05) is 0 Å². The number of nitrogens with zero attached hydrogens (tertiary/aromatic N) is 4. The number of furan rings is 1. The van der Waals surface area contributed by atoms with Gasteiger partial charge in [0.25, 0.3) is 0 Å². The summed E-state index contributed by atoms with van der Waals surface area (Å²) in [7, 11) is 1.87. The van der Waals surface area contributed by atoms with Gasteiger partial charge in [-0.2, -0.15) is 5.10 Å². The molecular weight excluding hydrogens is 268 g/mol. The molecule has 2 aromatic rings. The topological polar surface area (TPSA) is 54.5 Å². The van der Waals surface area contributed by atoms with Crippen LogP contribution in [0.15, 0.2) is 35.4 Å². The van der Waals surface area contributed by atoms with Crippen LogP contribution in [0.25, 0.3) is 0 Å². The molecule has 4 heterocycles. The third-order valence-corrected chi connectivity index (χ3v) is 4.51. The second-order valence-electron chi connectivity index (χ2n) is 6.01. The molecule has 6 heteroatoms. The molecule has 0 bridgehead atoms. The van der Waals surface area contributed by atoms with Gasteiger partial charge in [-0.05, 0) is 6.07 Å². The van der Waals surface area contributed by atoms with Crippen molar-refractivity contribution in [1.82, 2.24) is 14.7 Å². The van der Waals surface area contributed by atoms with E-state index in [9.17, 15) is 4.79 Å². The van der Waals surface area contributed by atoms with Gasteiger partial charge in [-0.3, -0.25) is 14.4 Å². The van der Waals surface area contributed by atoms with Crippen molar-refractivity contribution in [2.24, 2.45) is 18.9 Å². The first-order valence-corrected chi connectivity index (χ1v) is 7.24. The van der Waals surface area contributed by atoms with Gasteiger partial charge in [-0.25, -0.2) is 0 Å². The van der Waals surface area contributed by atoms with E-state index in [1.165, 1.54) is 5.56 Å². The summed E-state index contributed by atoms with van der Waals surface area (Å²) < 4.78 is 6.84. The maximum absolute atomic E-state index is 12.6. The molecule has 2 saturated heterocycles. The molecule has 2 fully saturated rings. The Hall–Kier alpha value is -2.08. The summed E-state index contributed by atoms with van der Waals surface area (Å²) in [6.07, 6.45) is 7.14. The van der Waals surface area contributed by atoms with Crippen LogP contribution in [0.1, 0.15) is 5.56 Å². The normalized spacial score (nSPS) is 25.8. The van der Waals surface area contributed by atoms with Gasteiger partial charge in [0.2, 0.25) is 5.91 Å². The fourth-order valence-corrected chi connectivity index (χ4v) is 3.50. The Labute approximate surface area is 122 Å². The van der Waals surface area contributed by atoms with E-state index >= 15 is 0 Å². The van der Waals surface area contributed by atoms with E-state index in [2.05, 4.69) is 10.00 Å². The number of carbonyl (C=O) groups is 1. The highest BCUT2D eigenvalue weighted by Gasteiger charge is 2.46. The molecule has 2 aromatic heterocycles. The van der Waals surface area contributed by atoms with Crippen molar-refractivity contribution in [2.75, 3.05) is 24.5 Å². The second-order valence-corrected chi connectivity index (χ2v) is 6.01. The molecule has 0 unspecified atom stereocenters. The Kier molecular flexibility index (Phi) is 2.85. The highest BCUT2D eigenvalue weighted by Crippen LogP contribution is 2.35. The van der Waals surface area contributed by atoms with Crippen LogP contribution in [0.4, 0.5) is 5.69 Å². The van der Waals surface area contributed by atoms with E-state index < -0.39 is 0 Å². The summed E-state index contributed by atoms with van der Waals surface area (Å²) in [5, 5.41) is 4.16. The molecule has 0 saturated carbocycles. The highest BCUT2D eigenvalue weighted by molar-refractivity contribution is 5.97. The number of fused-ring (bicyclic) bond motifs is 1. The van der Waals surface area contributed by atoms with Crippen molar-refractivity contribution in [2.45, 2.75) is 6.54 Å². The van der Waals surface area contributed by atoms with Gasteiger partial charge in [0.05, 0.1) is 30.3 Å². The lowest BCUT2D eigenvalue weighted by molar-refractivity contribution is -0.120. The van der Waals surface area contributed by atoms with E-state index in [1.54, 1.807) is 23.4 Å². The van der Waals surface area contributed by atoms with Crippen LogP contribution in [0.5, 0.6) is 0 Å². The number of aromatic nitrogens is 2. The molecule has 2 aliphatic rings. The molecule has 0 N–H and O–H groups in total. The second kappa shape index (κ2) is 4.73. The zero-order valence-electron chi connectivity index (χ0n) is 12.0. The molecule has 110 valence electrons. The summed E-state index contributed by atoms with van der Waals surface area (Å²) in [6.45, 7) is 3.48. The Morgan fingerprint density at radius 1 is 1.38 bits per heavy atom. The monoisotopic (exact) mass is 286 g/mol. The molecule has 21 heavy (non-hydrogen) atoms. The van der Waals surface area contributed by atoms with Crippen LogP contribution in [-0.2, 0) is 18.4 Å². The maximum Gasteiger partial charge on any atom is 0.231 e. The Balaban J connectivity index is 1.45. The number of aryl methyl sites for hydroxylation is 1. The third kappa shape index (κ3) is 2.15. The first kappa shape index (κ1) is 12.6. The molecule has 1 amide bonds. The fraction of sp³-hybridized carbons (Fsp3) is 0.467. The lowest BCUT2D eigenvalue weighted by atomic mass is 10.0. The van der Waals surface area contributed by atoms with Crippen molar-refractivity contribution in [3.63, 3.8) is 0 Å². The molecule has 0 spiro atoms. The lowest BCUT2D eigenvalue weighted by Gasteiger charge is -2.20. The molecule has 2 aliphatic heterocycles. The van der Waals surface area contributed by atoms with Gasteiger partial charge in [0, 0.05) is 50.9 Å². The number of amides is 1. The summed E-state index contributed by atoms with van der Waals surface area (Å²) in [5.41, 5.74) is 2.09. The largest absolute Gasteiger partial charge is 0.472 e. The van der Waals surface area contributed by atoms with Crippen LogP contribution < -0.4 is 4.90 Å². The summed E-state index contributed by atoms with van der Waals surface area (Å²) in [4.78, 5) is 16.8. The van der Waals surface area contributed by atoms with E-state index in [0.29, 0.717) is 5.92 Å². The summed E-state index contributed by atoms with van der Waals surface area (Å²) in [6, 6.07) is 1.98. The molecule has 0 aromatic carbocycles. The number of rotatable bonds is 3. The Bertz CT molecular complexity index is 648. The number of hydrogen-bond donors (Lipinski definition) is 0. The third-order valence-electron chi connectivity index (χ3n) is 4.51. The van der Waals surface area contributed by atoms with Gasteiger partial charge < -0.3 is 9.32 Å². The molecule has 2 atom stereocenters. The van der Waals surface area contributed by atoms with Crippen LogP contribution in [0.2, 0.25) is 0 Å². The lowest BCUT2D eigenvalue weighted by Crippen LogP contribution is -2.32. The van der Waals surface area contributed by atoms with E-state index in [4.69, 9.17) is 4.42 Å². The predicted molar refractivity (Wildman–Crippen MR) is 76.5 cm³/mol. The standard InChI is InChI=1S/C15H18N4O2/c1-17-8-13(4-16-17)19-7-12-6-18(9-14(12)15(19)20)5-11-2-3-21-10-11/h2-4,8,10,12,14H,5-7,9H2,1H3/t12-,14+/m0/s1. The van der Waals surface area contributed by atoms with E-state index in [0.717, 1.165) is 31.9 Å². The SMILES string of the molecule is Cn1cc(N2C[C@@H]3CN(Cc4ccoc4)C[C@H]3C2=O)cn1. The number of carbonyl (C=O) groups excluding carboxylic acids is 1. The minimum Gasteiger partial charge on any atom is -0.472 e. The van der Waals surface area contributed by atoms with E-state index in [1.807, 2.05) is 24.2 Å². The average molecular weight is 286 g/mol. The van der Waals surface area contributed by atoms with Crippen LogP contribution in [0, 0.1) is 11.8 Å². The first-order chi connectivity index (χ1) is 10.2. The van der Waals surface area contributed by atoms with E-state index in [-0.39, 0.29) is 11.8 Å². The van der Waals surface area contributed by atoms with Crippen LogP contribution >= 0.6 is 0 Å². The minimum absolute atomic E-state index is 0.122. The van der Waals surface area contributed by atoms with Crippen molar-refractivity contribution >= 4 is 11.6 Å². The summed E-state index contributed by atoms with van der Waals surface area (Å²) in [5.74, 6) is 0.782. The molecule has 4 rings (SSSR count). The van der Waals surface area contributed by atoms with Gasteiger partial charge >= 0.3 is 0 Å². The van der Waals surface area contributed by atoms with Gasteiger partial charge in [0.1, 0.15) is 0 Å². The smallest absolute Gasteiger partial charge is 0.231 e. The van der Waals surface area contributed by atoms with Gasteiger partial charge in [0.15, 0.2) is 0 Å². The fourth-order valence-electron chi connectivity index (χ4n) is 3.50. The van der Waals surface area contributed by atoms with Gasteiger partial charge in [-0.15, -0.1) is 0 Å². The molecular formula is C15H18N4O2. The van der Waals surface area contributed by atoms with Crippen molar-refractivity contribution in [1.29, 1.82) is 0 Å². The Morgan fingerprint density at radius 3 is 2.95 bits per heavy atom. The summed E-state index contributed by atoms with van der Waals surface area (Å²) >= 11 is 0. The molecule has 0 aliphatic carbocycles. The number of hydrogen-bond acceptors (Lipinski definition) is 4. The Morgan fingerprint density at radius 2 is 2.29 bits per heavy atom. The van der Waals surface area contributed by atoms with Crippen molar-refractivity contribution < 1.29 is 9.21 Å². The quantitative estimate of drug-likeness (QED) is 0.848. The number of likely N-dealkylation sites (tertiary alicyclic amines) is 1. The molecule has 6 nitrogen and oxygen atoms in total. The van der Waals surface area contributed by atoms with Crippen LogP contribution in [0.3, 0.4) is 0 Å². The first-order valence-electron chi connectivity index (χ1n) is 7.24. The molecule has 0 radical (unpaired) electrons. The maximum atomic E-state index is 12.6. The zero-order chi connectivity index (χ0) is 14.4. The average Bonchev–Trinajstić information content (AvgIpc) is 3.19. The number of anilines is 1. The zero-order valence-corrected chi connectivity index (χ0v) is 12.0.